The number of hydrogen-bond donors (Lipinski definition) is 0. The first-order valence-electron chi connectivity index (χ1n) is 3.94. The summed E-state index contributed by atoms with van der Waals surface area (Å²) in [6, 6.07) is 3.15. The number of ether oxygens (including phenoxy) is 1. The standard InChI is InChI=1S/C9H9NO3S/c1-6(10-5-11)7-3-4-8(14-7)9(12)13-2/h3-4,6H,1-2H3. The lowest BCUT2D eigenvalue weighted by Gasteiger charge is -1.97. The van der Waals surface area contributed by atoms with E-state index in [1.165, 1.54) is 24.5 Å². The molecule has 0 N–H and O–H groups in total. The van der Waals surface area contributed by atoms with Crippen LogP contribution in [-0.2, 0) is 9.53 Å². The number of hydrogen-bond acceptors (Lipinski definition) is 5. The van der Waals surface area contributed by atoms with Crippen molar-refractivity contribution >= 4 is 23.4 Å². The minimum Gasteiger partial charge on any atom is -0.465 e. The number of carbonyl (C=O) groups is 1. The van der Waals surface area contributed by atoms with Crippen molar-refractivity contribution in [2.24, 2.45) is 4.99 Å². The third-order valence-corrected chi connectivity index (χ3v) is 2.91. The summed E-state index contributed by atoms with van der Waals surface area (Å²) in [6.45, 7) is 1.76. The molecule has 5 heteroatoms. The lowest BCUT2D eigenvalue weighted by Crippen LogP contribution is -1.96. The van der Waals surface area contributed by atoms with E-state index in [9.17, 15) is 9.59 Å². The summed E-state index contributed by atoms with van der Waals surface area (Å²) < 4.78 is 4.55. The van der Waals surface area contributed by atoms with Gasteiger partial charge in [0.05, 0.1) is 13.2 Å². The molecule has 0 saturated carbocycles. The van der Waals surface area contributed by atoms with Crippen LogP contribution in [0.2, 0.25) is 0 Å². The maximum absolute atomic E-state index is 11.1. The first-order chi connectivity index (χ1) is 6.69. The smallest absolute Gasteiger partial charge is 0.348 e. The summed E-state index contributed by atoms with van der Waals surface area (Å²) in [7, 11) is 1.33. The van der Waals surface area contributed by atoms with Crippen LogP contribution in [0, 0.1) is 0 Å². The lowest BCUT2D eigenvalue weighted by molar-refractivity contribution is 0.0606. The van der Waals surface area contributed by atoms with Crippen LogP contribution in [0.25, 0.3) is 0 Å². The Bertz CT molecular complexity index is 379. The molecule has 0 aliphatic carbocycles. The molecule has 0 aliphatic rings. The maximum atomic E-state index is 11.1. The van der Waals surface area contributed by atoms with Gasteiger partial charge in [-0.15, -0.1) is 11.3 Å². The van der Waals surface area contributed by atoms with Gasteiger partial charge in [-0.1, -0.05) is 0 Å². The van der Waals surface area contributed by atoms with Gasteiger partial charge in [0, 0.05) is 4.88 Å². The van der Waals surface area contributed by atoms with E-state index in [1.54, 1.807) is 19.1 Å². The average molecular weight is 211 g/mol. The molecular formula is C9H9NO3S. The Morgan fingerprint density at radius 2 is 2.36 bits per heavy atom. The Morgan fingerprint density at radius 3 is 2.93 bits per heavy atom. The van der Waals surface area contributed by atoms with E-state index in [-0.39, 0.29) is 12.0 Å². The van der Waals surface area contributed by atoms with Crippen molar-refractivity contribution in [1.29, 1.82) is 0 Å². The van der Waals surface area contributed by atoms with Gasteiger partial charge in [-0.05, 0) is 19.1 Å². The second-order valence-corrected chi connectivity index (χ2v) is 3.71. The van der Waals surface area contributed by atoms with E-state index in [0.717, 1.165) is 4.88 Å². The first-order valence-corrected chi connectivity index (χ1v) is 4.75. The molecule has 0 aromatic carbocycles. The van der Waals surface area contributed by atoms with E-state index >= 15 is 0 Å². The SMILES string of the molecule is COC(=O)c1ccc(C(C)N=C=O)s1. The minimum absolute atomic E-state index is 0.254. The second-order valence-electron chi connectivity index (χ2n) is 2.59. The second kappa shape index (κ2) is 4.69. The number of esters is 1. The zero-order chi connectivity index (χ0) is 10.6. The number of aliphatic imine (C=N–C) groups is 1. The number of rotatable bonds is 3. The Balaban J connectivity index is 2.87. The molecule has 1 aromatic heterocycles. The lowest BCUT2D eigenvalue weighted by atomic mass is 10.3. The topological polar surface area (TPSA) is 55.7 Å². The Morgan fingerprint density at radius 1 is 1.64 bits per heavy atom. The van der Waals surface area contributed by atoms with Gasteiger partial charge in [0.2, 0.25) is 6.08 Å². The van der Waals surface area contributed by atoms with E-state index in [2.05, 4.69) is 9.73 Å². The van der Waals surface area contributed by atoms with Crippen molar-refractivity contribution < 1.29 is 14.3 Å². The summed E-state index contributed by atoms with van der Waals surface area (Å²) in [4.78, 5) is 26.0. The molecule has 0 saturated heterocycles. The van der Waals surface area contributed by atoms with E-state index < -0.39 is 0 Å². The van der Waals surface area contributed by atoms with Crippen LogP contribution in [0.3, 0.4) is 0 Å². The fraction of sp³-hybridized carbons (Fsp3) is 0.333. The highest BCUT2D eigenvalue weighted by molar-refractivity contribution is 7.14. The van der Waals surface area contributed by atoms with Crippen LogP contribution in [0.1, 0.15) is 27.5 Å². The largest absolute Gasteiger partial charge is 0.465 e. The van der Waals surface area contributed by atoms with E-state index in [0.29, 0.717) is 4.88 Å². The molecule has 0 aliphatic heterocycles. The monoisotopic (exact) mass is 211 g/mol. The number of thiophene rings is 1. The fourth-order valence-electron chi connectivity index (χ4n) is 0.930. The number of methoxy groups -OCH3 is 1. The Labute approximate surface area is 85.2 Å². The Hall–Kier alpha value is -1.45. The molecule has 0 radical (unpaired) electrons. The van der Waals surface area contributed by atoms with E-state index in [4.69, 9.17) is 0 Å². The highest BCUT2D eigenvalue weighted by Gasteiger charge is 2.12. The van der Waals surface area contributed by atoms with Crippen molar-refractivity contribution in [1.82, 2.24) is 0 Å². The van der Waals surface area contributed by atoms with Gasteiger partial charge < -0.3 is 4.74 Å². The third-order valence-electron chi connectivity index (χ3n) is 1.67. The van der Waals surface area contributed by atoms with Gasteiger partial charge in [-0.3, -0.25) is 0 Å². The van der Waals surface area contributed by atoms with Crippen molar-refractivity contribution in [3.05, 3.63) is 21.9 Å². The predicted molar refractivity (Wildman–Crippen MR) is 52.2 cm³/mol. The fourth-order valence-corrected chi connectivity index (χ4v) is 1.85. The van der Waals surface area contributed by atoms with Crippen LogP contribution in [0.4, 0.5) is 0 Å². The van der Waals surface area contributed by atoms with Gasteiger partial charge >= 0.3 is 5.97 Å². The van der Waals surface area contributed by atoms with Crippen LogP contribution >= 0.6 is 11.3 Å². The van der Waals surface area contributed by atoms with Crippen molar-refractivity contribution in [2.75, 3.05) is 7.11 Å². The molecule has 14 heavy (non-hydrogen) atoms. The highest BCUT2D eigenvalue weighted by Crippen LogP contribution is 2.25. The summed E-state index contributed by atoms with van der Waals surface area (Å²) in [6.07, 6.45) is 1.48. The normalized spacial score (nSPS) is 11.6. The van der Waals surface area contributed by atoms with E-state index in [1.807, 2.05) is 0 Å². The minimum atomic E-state index is -0.372. The zero-order valence-electron chi connectivity index (χ0n) is 7.81. The summed E-state index contributed by atoms with van der Waals surface area (Å²) in [5.74, 6) is -0.372. The first kappa shape index (κ1) is 10.6. The zero-order valence-corrected chi connectivity index (χ0v) is 8.63. The molecule has 1 aromatic rings. The molecule has 0 amide bonds. The molecule has 1 unspecified atom stereocenters. The summed E-state index contributed by atoms with van der Waals surface area (Å²) in [5.41, 5.74) is 0. The predicted octanol–water partition coefficient (Wildman–Crippen LogP) is 1.93. The van der Waals surface area contributed by atoms with Crippen LogP contribution in [0.15, 0.2) is 17.1 Å². The molecule has 74 valence electrons. The summed E-state index contributed by atoms with van der Waals surface area (Å²) in [5, 5.41) is 0. The number of carbonyl (C=O) groups excluding carboxylic acids is 2. The molecular weight excluding hydrogens is 202 g/mol. The van der Waals surface area contributed by atoms with Gasteiger partial charge in [0.15, 0.2) is 0 Å². The third kappa shape index (κ3) is 2.28. The highest BCUT2D eigenvalue weighted by atomic mass is 32.1. The summed E-state index contributed by atoms with van der Waals surface area (Å²) >= 11 is 1.27. The maximum Gasteiger partial charge on any atom is 0.348 e. The average Bonchev–Trinajstić information content (AvgIpc) is 2.66. The molecule has 1 atom stereocenters. The van der Waals surface area contributed by atoms with Crippen LogP contribution in [0.5, 0.6) is 0 Å². The van der Waals surface area contributed by atoms with Crippen molar-refractivity contribution in [3.63, 3.8) is 0 Å². The molecule has 1 heterocycles. The van der Waals surface area contributed by atoms with Gasteiger partial charge in [0.25, 0.3) is 0 Å². The van der Waals surface area contributed by atoms with Gasteiger partial charge in [0.1, 0.15) is 4.88 Å². The number of nitrogens with zero attached hydrogens (tertiary/aromatic N) is 1. The van der Waals surface area contributed by atoms with Gasteiger partial charge in [-0.25, -0.2) is 9.59 Å². The number of isocyanates is 1. The van der Waals surface area contributed by atoms with Crippen molar-refractivity contribution in [2.45, 2.75) is 13.0 Å². The quantitative estimate of drug-likeness (QED) is 0.436. The molecule has 1 rings (SSSR count). The molecule has 0 bridgehead atoms. The van der Waals surface area contributed by atoms with Crippen molar-refractivity contribution in [3.8, 4) is 0 Å². The van der Waals surface area contributed by atoms with Crippen LogP contribution in [-0.4, -0.2) is 19.2 Å². The molecule has 0 fully saturated rings. The molecule has 4 nitrogen and oxygen atoms in total. The van der Waals surface area contributed by atoms with Gasteiger partial charge in [-0.2, -0.15) is 4.99 Å². The van der Waals surface area contributed by atoms with Crippen LogP contribution < -0.4 is 0 Å². The Kier molecular flexibility index (Phi) is 3.56. The molecule has 0 spiro atoms.